The van der Waals surface area contributed by atoms with Crippen LogP contribution >= 0.6 is 11.6 Å². The Morgan fingerprint density at radius 2 is 1.97 bits per heavy atom. The van der Waals surface area contributed by atoms with E-state index in [1.807, 2.05) is 25.1 Å². The molecule has 0 aliphatic rings. The van der Waals surface area contributed by atoms with Crippen molar-refractivity contribution in [1.82, 2.24) is 5.32 Å². The molecule has 2 aromatic carbocycles. The Hall–Kier alpha value is -3.58. The Labute approximate surface area is 178 Å². The van der Waals surface area contributed by atoms with Gasteiger partial charge in [0.25, 0.3) is 0 Å². The van der Waals surface area contributed by atoms with Crippen molar-refractivity contribution in [2.75, 3.05) is 12.4 Å². The molecule has 0 fully saturated rings. The lowest BCUT2D eigenvalue weighted by Gasteiger charge is -2.05. The summed E-state index contributed by atoms with van der Waals surface area (Å²) < 4.78 is 10.9. The van der Waals surface area contributed by atoms with Gasteiger partial charge in [-0.25, -0.2) is 4.99 Å². The molecule has 0 bridgehead atoms. The number of carbonyl (C=O) groups is 2. The van der Waals surface area contributed by atoms with Crippen LogP contribution < -0.4 is 15.4 Å². The largest absolute Gasteiger partial charge is 0.494 e. The molecule has 0 radical (unpaired) electrons. The summed E-state index contributed by atoms with van der Waals surface area (Å²) in [5.74, 6) is 0.0626. The van der Waals surface area contributed by atoms with Crippen molar-refractivity contribution in [2.24, 2.45) is 4.99 Å². The van der Waals surface area contributed by atoms with E-state index in [1.165, 1.54) is 0 Å². The third kappa shape index (κ3) is 5.71. The molecule has 1 heterocycles. The number of halogens is 1. The number of hydrogen-bond acceptors (Lipinski definition) is 5. The number of carbonyl (C=O) groups excluding carboxylic acids is 2. The Kier molecular flexibility index (Phi) is 6.87. The molecule has 154 valence electrons. The topological polar surface area (TPSA) is 92.9 Å². The van der Waals surface area contributed by atoms with Crippen molar-refractivity contribution in [1.29, 1.82) is 0 Å². The van der Waals surface area contributed by atoms with Crippen molar-refractivity contribution < 1.29 is 18.7 Å². The van der Waals surface area contributed by atoms with E-state index >= 15 is 0 Å². The Morgan fingerprint density at radius 3 is 2.73 bits per heavy atom. The van der Waals surface area contributed by atoms with E-state index in [4.69, 9.17) is 20.8 Å². The molecule has 3 rings (SSSR count). The molecule has 0 aliphatic heterocycles. The fourth-order valence-electron chi connectivity index (χ4n) is 2.59. The van der Waals surface area contributed by atoms with Gasteiger partial charge in [-0.15, -0.1) is 0 Å². The molecular weight excluding hydrogens is 406 g/mol. The highest BCUT2D eigenvalue weighted by molar-refractivity contribution is 6.39. The number of furan rings is 1. The normalized spacial score (nSPS) is 10.8. The van der Waals surface area contributed by atoms with Gasteiger partial charge in [-0.05, 0) is 55.0 Å². The molecule has 30 heavy (non-hydrogen) atoms. The minimum absolute atomic E-state index is 0.0589. The van der Waals surface area contributed by atoms with Crippen LogP contribution in [0.25, 0.3) is 0 Å². The van der Waals surface area contributed by atoms with Crippen molar-refractivity contribution in [3.05, 3.63) is 76.7 Å². The second-order valence-electron chi connectivity index (χ2n) is 6.38. The summed E-state index contributed by atoms with van der Waals surface area (Å²) in [7, 11) is 1.58. The molecule has 0 spiro atoms. The molecule has 0 atom stereocenters. The fraction of sp³-hybridized carbons (Fsp3) is 0.136. The molecule has 8 heteroatoms. The summed E-state index contributed by atoms with van der Waals surface area (Å²) in [6.45, 7) is 2.03. The number of aliphatic imine (C=N–C) groups is 1. The van der Waals surface area contributed by atoms with Crippen LogP contribution in [0.1, 0.15) is 17.1 Å². The average molecular weight is 426 g/mol. The van der Waals surface area contributed by atoms with Crippen LogP contribution in [0.3, 0.4) is 0 Å². The van der Waals surface area contributed by atoms with E-state index in [2.05, 4.69) is 15.6 Å². The molecule has 3 aromatic rings. The zero-order chi connectivity index (χ0) is 21.5. The Bertz CT molecular complexity index is 1090. The summed E-state index contributed by atoms with van der Waals surface area (Å²) in [6.07, 6.45) is 1.56. The molecule has 2 amide bonds. The minimum atomic E-state index is -0.794. The van der Waals surface area contributed by atoms with E-state index < -0.39 is 11.8 Å². The minimum Gasteiger partial charge on any atom is -0.494 e. The third-order valence-corrected chi connectivity index (χ3v) is 4.29. The number of nitrogens with zero attached hydrogens (tertiary/aromatic N) is 1. The fourth-order valence-corrected chi connectivity index (χ4v) is 2.79. The molecule has 2 N–H and O–H groups in total. The van der Waals surface area contributed by atoms with Crippen LogP contribution in [0.5, 0.6) is 5.75 Å². The highest BCUT2D eigenvalue weighted by Gasteiger charge is 2.14. The van der Waals surface area contributed by atoms with E-state index in [-0.39, 0.29) is 6.54 Å². The third-order valence-electron chi connectivity index (χ3n) is 4.06. The number of rotatable bonds is 6. The van der Waals surface area contributed by atoms with Gasteiger partial charge in [0.15, 0.2) is 0 Å². The van der Waals surface area contributed by atoms with Gasteiger partial charge in [0.05, 0.1) is 19.9 Å². The number of anilines is 1. The number of methoxy groups -OCH3 is 1. The van der Waals surface area contributed by atoms with Crippen molar-refractivity contribution in [2.45, 2.75) is 13.5 Å². The molecule has 0 unspecified atom stereocenters. The summed E-state index contributed by atoms with van der Waals surface area (Å²) >= 11 is 5.86. The predicted octanol–water partition coefficient (Wildman–Crippen LogP) is 4.26. The van der Waals surface area contributed by atoms with Crippen LogP contribution in [0, 0.1) is 6.92 Å². The SMILES string of the molecule is COc1ccc(C)cc1N=Cc1ccc(CNC(=O)C(=O)Nc2cccc(Cl)c2)o1. The summed E-state index contributed by atoms with van der Waals surface area (Å²) in [6, 6.07) is 15.6. The quantitative estimate of drug-likeness (QED) is 0.456. The summed E-state index contributed by atoms with van der Waals surface area (Å²) in [5, 5.41) is 5.44. The van der Waals surface area contributed by atoms with Gasteiger partial charge in [0, 0.05) is 10.7 Å². The lowest BCUT2D eigenvalue weighted by molar-refractivity contribution is -0.136. The molecule has 0 aliphatic carbocycles. The van der Waals surface area contributed by atoms with E-state index in [1.54, 1.807) is 49.7 Å². The average Bonchev–Trinajstić information content (AvgIpc) is 3.18. The standard InChI is InChI=1S/C22H20ClN3O4/c1-14-6-9-20(29-2)19(10-14)24-12-17-7-8-18(30-17)13-25-21(27)22(28)26-16-5-3-4-15(23)11-16/h3-12H,13H2,1-2H3,(H,25,27)(H,26,28). The number of benzene rings is 2. The van der Waals surface area contributed by atoms with Gasteiger partial charge in [-0.1, -0.05) is 23.7 Å². The Morgan fingerprint density at radius 1 is 1.13 bits per heavy atom. The van der Waals surface area contributed by atoms with Crippen LogP contribution in [0.15, 0.2) is 64.0 Å². The monoisotopic (exact) mass is 425 g/mol. The first kappa shape index (κ1) is 21.1. The second-order valence-corrected chi connectivity index (χ2v) is 6.82. The first-order valence-electron chi connectivity index (χ1n) is 9.07. The molecule has 7 nitrogen and oxygen atoms in total. The predicted molar refractivity (Wildman–Crippen MR) is 116 cm³/mol. The first-order valence-corrected chi connectivity index (χ1v) is 9.44. The molecule has 0 saturated carbocycles. The summed E-state index contributed by atoms with van der Waals surface area (Å²) in [5.41, 5.74) is 2.18. The van der Waals surface area contributed by atoms with Crippen LogP contribution in [-0.2, 0) is 16.1 Å². The van der Waals surface area contributed by atoms with Gasteiger partial charge in [-0.3, -0.25) is 9.59 Å². The smallest absolute Gasteiger partial charge is 0.313 e. The lowest BCUT2D eigenvalue weighted by atomic mass is 10.2. The van der Waals surface area contributed by atoms with Crippen molar-refractivity contribution in [3.8, 4) is 5.75 Å². The highest BCUT2D eigenvalue weighted by atomic mass is 35.5. The van der Waals surface area contributed by atoms with Gasteiger partial charge >= 0.3 is 11.8 Å². The molecule has 0 saturated heterocycles. The maximum absolute atomic E-state index is 12.0. The second kappa shape index (κ2) is 9.76. The van der Waals surface area contributed by atoms with E-state index in [9.17, 15) is 9.59 Å². The molecular formula is C22H20ClN3O4. The highest BCUT2D eigenvalue weighted by Crippen LogP contribution is 2.28. The van der Waals surface area contributed by atoms with Gasteiger partial charge < -0.3 is 19.8 Å². The number of amides is 2. The first-order chi connectivity index (χ1) is 14.4. The van der Waals surface area contributed by atoms with Crippen LogP contribution in [0.2, 0.25) is 5.02 Å². The maximum atomic E-state index is 12.0. The van der Waals surface area contributed by atoms with Gasteiger partial charge in [0.2, 0.25) is 0 Å². The molecule has 1 aromatic heterocycles. The Balaban J connectivity index is 1.56. The number of hydrogen-bond donors (Lipinski definition) is 2. The lowest BCUT2D eigenvalue weighted by Crippen LogP contribution is -2.34. The van der Waals surface area contributed by atoms with Crippen molar-refractivity contribution >= 4 is 41.0 Å². The van der Waals surface area contributed by atoms with E-state index in [0.29, 0.717) is 33.7 Å². The van der Waals surface area contributed by atoms with Gasteiger partial charge in [-0.2, -0.15) is 0 Å². The maximum Gasteiger partial charge on any atom is 0.313 e. The van der Waals surface area contributed by atoms with E-state index in [0.717, 1.165) is 5.56 Å². The van der Waals surface area contributed by atoms with Crippen LogP contribution in [0.4, 0.5) is 11.4 Å². The number of aryl methyl sites for hydroxylation is 1. The zero-order valence-electron chi connectivity index (χ0n) is 16.4. The zero-order valence-corrected chi connectivity index (χ0v) is 17.2. The summed E-state index contributed by atoms with van der Waals surface area (Å²) in [4.78, 5) is 28.3. The van der Waals surface area contributed by atoms with Gasteiger partial charge in [0.1, 0.15) is 23.0 Å². The van der Waals surface area contributed by atoms with Crippen molar-refractivity contribution in [3.63, 3.8) is 0 Å². The van der Waals surface area contributed by atoms with Crippen LogP contribution in [-0.4, -0.2) is 25.1 Å². The number of ether oxygens (including phenoxy) is 1. The number of nitrogens with one attached hydrogen (secondary N) is 2.